The Kier molecular flexibility index (Phi) is 11.7. The van der Waals surface area contributed by atoms with E-state index in [0.717, 1.165) is 0 Å². The lowest BCUT2D eigenvalue weighted by atomic mass is 10.1. The van der Waals surface area contributed by atoms with E-state index in [4.69, 9.17) is 0 Å². The van der Waals surface area contributed by atoms with Crippen molar-refractivity contribution in [3.63, 3.8) is 0 Å². The Morgan fingerprint density at radius 2 is 1.00 bits per heavy atom. The normalized spacial score (nSPS) is 11.2. The van der Waals surface area contributed by atoms with Crippen LogP contribution < -0.4 is 0 Å². The summed E-state index contributed by atoms with van der Waals surface area (Å²) in [5, 5.41) is 0. The topological polar surface area (TPSA) is 0 Å². The van der Waals surface area contributed by atoms with Crippen LogP contribution in [0.3, 0.4) is 0 Å². The third kappa shape index (κ3) is 9.73. The SMILES string of the molecule is CCCCCCCCCCCC(Sc1ccccc1)Sc1ccccc1. The third-order valence-corrected chi connectivity index (χ3v) is 7.23. The first-order valence-corrected chi connectivity index (χ1v) is 12.1. The first-order chi connectivity index (χ1) is 12.9. The van der Waals surface area contributed by atoms with Gasteiger partial charge in [-0.2, -0.15) is 0 Å². The van der Waals surface area contributed by atoms with Gasteiger partial charge in [-0.25, -0.2) is 0 Å². The maximum absolute atomic E-state index is 2.29. The van der Waals surface area contributed by atoms with Crippen molar-refractivity contribution < 1.29 is 0 Å². The van der Waals surface area contributed by atoms with Gasteiger partial charge in [-0.3, -0.25) is 0 Å². The average Bonchev–Trinajstić information content (AvgIpc) is 2.68. The van der Waals surface area contributed by atoms with Crippen LogP contribution in [0.4, 0.5) is 0 Å². The Morgan fingerprint density at radius 1 is 0.577 bits per heavy atom. The zero-order valence-corrected chi connectivity index (χ0v) is 17.9. The van der Waals surface area contributed by atoms with Crippen molar-refractivity contribution in [2.24, 2.45) is 0 Å². The van der Waals surface area contributed by atoms with Crippen molar-refractivity contribution in [1.82, 2.24) is 0 Å². The largest absolute Gasteiger partial charge is 0.111 e. The molecule has 0 spiro atoms. The smallest absolute Gasteiger partial charge is 0.0596 e. The molecule has 2 aromatic carbocycles. The van der Waals surface area contributed by atoms with E-state index in [1.807, 2.05) is 23.5 Å². The van der Waals surface area contributed by atoms with Gasteiger partial charge < -0.3 is 0 Å². The van der Waals surface area contributed by atoms with Gasteiger partial charge in [0.2, 0.25) is 0 Å². The maximum Gasteiger partial charge on any atom is 0.0596 e. The van der Waals surface area contributed by atoms with Gasteiger partial charge in [0.15, 0.2) is 0 Å². The van der Waals surface area contributed by atoms with Crippen LogP contribution in [0.2, 0.25) is 0 Å². The molecule has 26 heavy (non-hydrogen) atoms. The van der Waals surface area contributed by atoms with E-state index in [1.54, 1.807) is 0 Å². The van der Waals surface area contributed by atoms with Gasteiger partial charge in [0, 0.05) is 9.79 Å². The summed E-state index contributed by atoms with van der Waals surface area (Å²) in [5.41, 5.74) is 0. The standard InChI is InChI=1S/C24H34S2/c1-2-3-4-5-6-7-8-9-16-21-24(25-22-17-12-10-13-18-22)26-23-19-14-11-15-20-23/h10-15,17-20,24H,2-9,16,21H2,1H3. The summed E-state index contributed by atoms with van der Waals surface area (Å²) in [6.45, 7) is 2.29. The molecule has 2 aromatic rings. The van der Waals surface area contributed by atoms with Crippen LogP contribution in [0.1, 0.15) is 71.1 Å². The molecule has 0 aliphatic rings. The molecule has 0 nitrogen and oxygen atoms in total. The number of rotatable bonds is 14. The molecule has 0 aromatic heterocycles. The van der Waals surface area contributed by atoms with Crippen LogP contribution in [0.15, 0.2) is 70.5 Å². The van der Waals surface area contributed by atoms with E-state index in [2.05, 4.69) is 67.6 Å². The molecular weight excluding hydrogens is 352 g/mol. The molecule has 0 bridgehead atoms. The maximum atomic E-state index is 2.29. The lowest BCUT2D eigenvalue weighted by molar-refractivity contribution is 0.561. The van der Waals surface area contributed by atoms with Gasteiger partial charge in [-0.1, -0.05) is 101 Å². The summed E-state index contributed by atoms with van der Waals surface area (Å²) >= 11 is 4.05. The Balaban J connectivity index is 1.70. The molecule has 0 saturated heterocycles. The highest BCUT2D eigenvalue weighted by Crippen LogP contribution is 2.38. The zero-order valence-electron chi connectivity index (χ0n) is 16.2. The van der Waals surface area contributed by atoms with Crippen LogP contribution >= 0.6 is 23.5 Å². The van der Waals surface area contributed by atoms with Crippen molar-refractivity contribution in [2.45, 2.75) is 85.5 Å². The minimum absolute atomic E-state index is 0.601. The summed E-state index contributed by atoms with van der Waals surface area (Å²) < 4.78 is 0.601. The molecule has 0 heterocycles. The van der Waals surface area contributed by atoms with Crippen molar-refractivity contribution in [3.05, 3.63) is 60.7 Å². The lowest BCUT2D eigenvalue weighted by Gasteiger charge is -2.16. The van der Waals surface area contributed by atoms with Gasteiger partial charge in [-0.05, 0) is 30.7 Å². The van der Waals surface area contributed by atoms with E-state index in [0.29, 0.717) is 4.58 Å². The molecule has 0 N–H and O–H groups in total. The van der Waals surface area contributed by atoms with Crippen LogP contribution in [-0.2, 0) is 0 Å². The minimum Gasteiger partial charge on any atom is -0.111 e. The molecule has 0 fully saturated rings. The van der Waals surface area contributed by atoms with Crippen molar-refractivity contribution >= 4 is 23.5 Å². The highest BCUT2D eigenvalue weighted by molar-refractivity contribution is 8.17. The number of unbranched alkanes of at least 4 members (excludes halogenated alkanes) is 8. The van der Waals surface area contributed by atoms with Gasteiger partial charge in [0.1, 0.15) is 0 Å². The fourth-order valence-corrected chi connectivity index (χ4v) is 5.73. The second-order valence-electron chi connectivity index (χ2n) is 6.91. The van der Waals surface area contributed by atoms with E-state index >= 15 is 0 Å². The number of benzene rings is 2. The van der Waals surface area contributed by atoms with Crippen LogP contribution in [0, 0.1) is 0 Å². The Hall–Kier alpha value is -0.860. The van der Waals surface area contributed by atoms with Crippen LogP contribution in [0.5, 0.6) is 0 Å². The van der Waals surface area contributed by atoms with Gasteiger partial charge in [-0.15, -0.1) is 23.5 Å². The van der Waals surface area contributed by atoms with E-state index in [-0.39, 0.29) is 0 Å². The number of hydrogen-bond donors (Lipinski definition) is 0. The van der Waals surface area contributed by atoms with Gasteiger partial charge in [0.25, 0.3) is 0 Å². The van der Waals surface area contributed by atoms with Crippen molar-refractivity contribution in [3.8, 4) is 0 Å². The average molecular weight is 387 g/mol. The molecular formula is C24H34S2. The monoisotopic (exact) mass is 386 g/mol. The van der Waals surface area contributed by atoms with Crippen LogP contribution in [-0.4, -0.2) is 4.58 Å². The summed E-state index contributed by atoms with van der Waals surface area (Å²) in [4.78, 5) is 2.77. The fourth-order valence-electron chi connectivity index (χ4n) is 3.07. The quantitative estimate of drug-likeness (QED) is 0.181. The summed E-state index contributed by atoms with van der Waals surface area (Å²) in [6, 6.07) is 21.7. The highest BCUT2D eigenvalue weighted by atomic mass is 32.2. The molecule has 0 saturated carbocycles. The second kappa shape index (κ2) is 14.2. The molecule has 0 amide bonds. The van der Waals surface area contributed by atoms with E-state index in [1.165, 1.54) is 74.0 Å². The molecule has 142 valence electrons. The molecule has 0 aliphatic carbocycles. The predicted molar refractivity (Wildman–Crippen MR) is 120 cm³/mol. The molecule has 2 rings (SSSR count). The first-order valence-electron chi connectivity index (χ1n) is 10.3. The Bertz CT molecular complexity index is 511. The highest BCUT2D eigenvalue weighted by Gasteiger charge is 2.12. The van der Waals surface area contributed by atoms with E-state index in [9.17, 15) is 0 Å². The molecule has 2 heteroatoms. The molecule has 0 atom stereocenters. The molecule has 0 radical (unpaired) electrons. The van der Waals surface area contributed by atoms with Crippen LogP contribution in [0.25, 0.3) is 0 Å². The Morgan fingerprint density at radius 3 is 1.46 bits per heavy atom. The summed E-state index contributed by atoms with van der Waals surface area (Å²) in [5.74, 6) is 0. The fraction of sp³-hybridized carbons (Fsp3) is 0.500. The lowest BCUT2D eigenvalue weighted by Crippen LogP contribution is -1.97. The third-order valence-electron chi connectivity index (χ3n) is 4.56. The van der Waals surface area contributed by atoms with Gasteiger partial charge >= 0.3 is 0 Å². The summed E-state index contributed by atoms with van der Waals surface area (Å²) in [6.07, 6.45) is 13.9. The number of thioether (sulfide) groups is 2. The van der Waals surface area contributed by atoms with Crippen molar-refractivity contribution in [2.75, 3.05) is 0 Å². The van der Waals surface area contributed by atoms with Crippen molar-refractivity contribution in [1.29, 1.82) is 0 Å². The molecule has 0 aliphatic heterocycles. The first kappa shape index (κ1) is 21.4. The number of hydrogen-bond acceptors (Lipinski definition) is 2. The van der Waals surface area contributed by atoms with E-state index < -0.39 is 0 Å². The van der Waals surface area contributed by atoms with Gasteiger partial charge in [0.05, 0.1) is 4.58 Å². The zero-order chi connectivity index (χ0) is 18.3. The Labute approximate surface area is 169 Å². The minimum atomic E-state index is 0.601. The predicted octanol–water partition coefficient (Wildman–Crippen LogP) is 8.82. The second-order valence-corrected chi connectivity index (χ2v) is 9.76. The summed E-state index contributed by atoms with van der Waals surface area (Å²) in [7, 11) is 0. The molecule has 0 unspecified atom stereocenters.